The second-order valence-electron chi connectivity index (χ2n) is 3.94. The normalized spacial score (nSPS) is 10.2. The van der Waals surface area contributed by atoms with Crippen molar-refractivity contribution in [3.05, 3.63) is 53.3 Å². The Labute approximate surface area is 99.8 Å². The van der Waals surface area contributed by atoms with E-state index in [-0.39, 0.29) is 0 Å². The first-order valence-corrected chi connectivity index (χ1v) is 5.43. The number of hydrogen-bond acceptors (Lipinski definition) is 2. The molecule has 1 amide bonds. The highest BCUT2D eigenvalue weighted by molar-refractivity contribution is 5.93. The minimum absolute atomic E-state index is 0.399. The molecule has 1 heterocycles. The van der Waals surface area contributed by atoms with Gasteiger partial charge in [-0.1, -0.05) is 0 Å². The summed E-state index contributed by atoms with van der Waals surface area (Å²) >= 11 is 0. The SMILES string of the molecule is Cc1cc(C(N)=O)ccc1NCc1ccc[nH]1. The largest absolute Gasteiger partial charge is 0.379 e. The van der Waals surface area contributed by atoms with Gasteiger partial charge in [0.2, 0.25) is 5.91 Å². The number of nitrogens with one attached hydrogen (secondary N) is 2. The smallest absolute Gasteiger partial charge is 0.248 e. The maximum Gasteiger partial charge on any atom is 0.248 e. The Morgan fingerprint density at radius 1 is 1.41 bits per heavy atom. The molecule has 1 aromatic carbocycles. The highest BCUT2D eigenvalue weighted by Crippen LogP contribution is 2.17. The predicted molar refractivity (Wildman–Crippen MR) is 67.8 cm³/mol. The monoisotopic (exact) mass is 229 g/mol. The molecule has 0 atom stereocenters. The summed E-state index contributed by atoms with van der Waals surface area (Å²) < 4.78 is 0. The molecule has 2 rings (SSSR count). The van der Waals surface area contributed by atoms with E-state index in [0.29, 0.717) is 5.56 Å². The first kappa shape index (κ1) is 11.3. The number of hydrogen-bond donors (Lipinski definition) is 3. The standard InChI is InChI=1S/C13H15N3O/c1-9-7-10(13(14)17)4-5-12(9)16-8-11-3-2-6-15-11/h2-7,15-16H,8H2,1H3,(H2,14,17). The van der Waals surface area contributed by atoms with Crippen LogP contribution >= 0.6 is 0 Å². The van der Waals surface area contributed by atoms with Crippen LogP contribution < -0.4 is 11.1 Å². The molecule has 0 spiro atoms. The van der Waals surface area contributed by atoms with Gasteiger partial charge in [-0.3, -0.25) is 4.79 Å². The molecule has 17 heavy (non-hydrogen) atoms. The fraction of sp³-hybridized carbons (Fsp3) is 0.154. The molecule has 0 saturated heterocycles. The van der Waals surface area contributed by atoms with Crippen LogP contribution in [0, 0.1) is 6.92 Å². The van der Waals surface area contributed by atoms with Crippen LogP contribution in [0.2, 0.25) is 0 Å². The molecule has 0 aliphatic heterocycles. The van der Waals surface area contributed by atoms with Crippen molar-refractivity contribution >= 4 is 11.6 Å². The molecule has 4 nitrogen and oxygen atoms in total. The maximum absolute atomic E-state index is 11.0. The molecule has 88 valence electrons. The number of amides is 1. The summed E-state index contributed by atoms with van der Waals surface area (Å²) in [5.74, 6) is -0.399. The summed E-state index contributed by atoms with van der Waals surface area (Å²) in [5.41, 5.74) is 8.88. The zero-order chi connectivity index (χ0) is 12.3. The third kappa shape index (κ3) is 2.66. The van der Waals surface area contributed by atoms with E-state index in [1.807, 2.05) is 31.3 Å². The fourth-order valence-corrected chi connectivity index (χ4v) is 1.68. The van der Waals surface area contributed by atoms with E-state index in [1.54, 1.807) is 12.1 Å². The number of primary amides is 1. The van der Waals surface area contributed by atoms with Gasteiger partial charge in [-0.15, -0.1) is 0 Å². The minimum Gasteiger partial charge on any atom is -0.379 e. The number of H-pyrrole nitrogens is 1. The second-order valence-corrected chi connectivity index (χ2v) is 3.94. The summed E-state index contributed by atoms with van der Waals surface area (Å²) in [7, 11) is 0. The molecule has 0 unspecified atom stereocenters. The summed E-state index contributed by atoms with van der Waals surface area (Å²) in [5, 5.41) is 3.30. The first-order chi connectivity index (χ1) is 8.16. The number of carbonyl (C=O) groups excluding carboxylic acids is 1. The van der Waals surface area contributed by atoms with Gasteiger partial charge < -0.3 is 16.0 Å². The van der Waals surface area contributed by atoms with Crippen LogP contribution in [0.1, 0.15) is 21.6 Å². The molecule has 0 saturated carbocycles. The third-order valence-corrected chi connectivity index (χ3v) is 2.64. The second kappa shape index (κ2) is 4.74. The lowest BCUT2D eigenvalue weighted by Crippen LogP contribution is -2.11. The number of anilines is 1. The van der Waals surface area contributed by atoms with E-state index < -0.39 is 5.91 Å². The van der Waals surface area contributed by atoms with Gasteiger partial charge in [0, 0.05) is 23.1 Å². The van der Waals surface area contributed by atoms with E-state index >= 15 is 0 Å². The Balaban J connectivity index is 2.09. The van der Waals surface area contributed by atoms with Crippen LogP contribution in [-0.2, 0) is 6.54 Å². The summed E-state index contributed by atoms with van der Waals surface area (Å²) in [4.78, 5) is 14.1. The number of aromatic amines is 1. The molecular formula is C13H15N3O. The number of carbonyl (C=O) groups is 1. The lowest BCUT2D eigenvalue weighted by molar-refractivity contribution is 0.1000. The van der Waals surface area contributed by atoms with Crippen LogP contribution in [0.4, 0.5) is 5.69 Å². The van der Waals surface area contributed by atoms with Crippen molar-refractivity contribution in [3.8, 4) is 0 Å². The van der Waals surface area contributed by atoms with Crippen molar-refractivity contribution in [1.29, 1.82) is 0 Å². The maximum atomic E-state index is 11.0. The number of aromatic nitrogens is 1. The molecule has 0 fully saturated rings. The Morgan fingerprint density at radius 2 is 2.24 bits per heavy atom. The minimum atomic E-state index is -0.399. The quantitative estimate of drug-likeness (QED) is 0.750. The van der Waals surface area contributed by atoms with Gasteiger partial charge in [0.25, 0.3) is 0 Å². The van der Waals surface area contributed by atoms with Gasteiger partial charge in [-0.2, -0.15) is 0 Å². The van der Waals surface area contributed by atoms with Crippen LogP contribution in [0.25, 0.3) is 0 Å². The predicted octanol–water partition coefficient (Wildman–Crippen LogP) is 2.03. The summed E-state index contributed by atoms with van der Waals surface area (Å²) in [6, 6.07) is 9.37. The molecule has 0 radical (unpaired) electrons. The summed E-state index contributed by atoms with van der Waals surface area (Å²) in [6.45, 7) is 2.67. The third-order valence-electron chi connectivity index (χ3n) is 2.64. The van der Waals surface area contributed by atoms with Gasteiger partial charge in [-0.25, -0.2) is 0 Å². The van der Waals surface area contributed by atoms with Gasteiger partial charge in [0.05, 0.1) is 6.54 Å². The van der Waals surface area contributed by atoms with Crippen LogP contribution in [0.5, 0.6) is 0 Å². The molecule has 1 aromatic heterocycles. The highest BCUT2D eigenvalue weighted by atomic mass is 16.1. The molecular weight excluding hydrogens is 214 g/mol. The van der Waals surface area contributed by atoms with Crippen molar-refractivity contribution in [2.24, 2.45) is 5.73 Å². The molecule has 4 heteroatoms. The van der Waals surface area contributed by atoms with Crippen molar-refractivity contribution in [1.82, 2.24) is 4.98 Å². The van der Waals surface area contributed by atoms with E-state index in [1.165, 1.54) is 0 Å². The number of nitrogens with two attached hydrogens (primary N) is 1. The summed E-state index contributed by atoms with van der Waals surface area (Å²) in [6.07, 6.45) is 1.89. The lowest BCUT2D eigenvalue weighted by Gasteiger charge is -2.09. The van der Waals surface area contributed by atoms with Crippen LogP contribution in [0.15, 0.2) is 36.5 Å². The zero-order valence-electron chi connectivity index (χ0n) is 9.66. The van der Waals surface area contributed by atoms with Gasteiger partial charge in [0.15, 0.2) is 0 Å². The Morgan fingerprint density at radius 3 is 2.82 bits per heavy atom. The molecule has 2 aromatic rings. The van der Waals surface area contributed by atoms with Gasteiger partial charge in [0.1, 0.15) is 0 Å². The fourth-order valence-electron chi connectivity index (χ4n) is 1.68. The van der Waals surface area contributed by atoms with Crippen molar-refractivity contribution in [2.75, 3.05) is 5.32 Å². The molecule has 0 aliphatic carbocycles. The highest BCUT2D eigenvalue weighted by Gasteiger charge is 2.03. The van der Waals surface area contributed by atoms with Crippen LogP contribution in [-0.4, -0.2) is 10.9 Å². The first-order valence-electron chi connectivity index (χ1n) is 5.43. The van der Waals surface area contributed by atoms with E-state index in [2.05, 4.69) is 10.3 Å². The molecule has 0 aliphatic rings. The van der Waals surface area contributed by atoms with Gasteiger partial charge in [-0.05, 0) is 42.8 Å². The number of rotatable bonds is 4. The van der Waals surface area contributed by atoms with Crippen LogP contribution in [0.3, 0.4) is 0 Å². The zero-order valence-corrected chi connectivity index (χ0v) is 9.66. The Kier molecular flexibility index (Phi) is 3.14. The average molecular weight is 229 g/mol. The number of benzene rings is 1. The lowest BCUT2D eigenvalue weighted by atomic mass is 10.1. The van der Waals surface area contributed by atoms with Crippen molar-refractivity contribution in [3.63, 3.8) is 0 Å². The van der Waals surface area contributed by atoms with E-state index in [0.717, 1.165) is 23.5 Å². The van der Waals surface area contributed by atoms with E-state index in [4.69, 9.17) is 5.73 Å². The topological polar surface area (TPSA) is 70.9 Å². The molecule has 0 bridgehead atoms. The Hall–Kier alpha value is -2.23. The molecule has 4 N–H and O–H groups in total. The van der Waals surface area contributed by atoms with E-state index in [9.17, 15) is 4.79 Å². The average Bonchev–Trinajstić information content (AvgIpc) is 2.80. The number of aryl methyl sites for hydroxylation is 1. The van der Waals surface area contributed by atoms with Crippen molar-refractivity contribution < 1.29 is 4.79 Å². The van der Waals surface area contributed by atoms with Gasteiger partial charge >= 0.3 is 0 Å². The van der Waals surface area contributed by atoms with Crippen molar-refractivity contribution in [2.45, 2.75) is 13.5 Å². The Bertz CT molecular complexity index is 517.